The second-order valence-corrected chi connectivity index (χ2v) is 3.40. The lowest BCUT2D eigenvalue weighted by molar-refractivity contribution is 0.147. The largest absolute Gasteiger partial charge is 0.479 e. The van der Waals surface area contributed by atoms with Crippen molar-refractivity contribution in [2.24, 2.45) is 0 Å². The SMILES string of the molecule is C=C(/C=C\C)OCN(CC)PC. The van der Waals surface area contributed by atoms with Gasteiger partial charge in [-0.1, -0.05) is 28.3 Å². The van der Waals surface area contributed by atoms with Crippen molar-refractivity contribution in [2.75, 3.05) is 19.9 Å². The molecule has 0 aromatic carbocycles. The molecule has 0 aliphatic heterocycles. The molecule has 2 nitrogen and oxygen atoms in total. The van der Waals surface area contributed by atoms with Crippen LogP contribution in [0.2, 0.25) is 0 Å². The van der Waals surface area contributed by atoms with Crippen molar-refractivity contribution in [3.63, 3.8) is 0 Å². The molecular weight excluding hydrogens is 169 g/mol. The predicted octanol–water partition coefficient (Wildman–Crippen LogP) is 2.60. The van der Waals surface area contributed by atoms with Crippen molar-refractivity contribution in [3.05, 3.63) is 24.5 Å². The van der Waals surface area contributed by atoms with Crippen molar-refractivity contribution in [1.82, 2.24) is 4.67 Å². The van der Waals surface area contributed by atoms with E-state index in [0.29, 0.717) is 6.73 Å². The third-order valence-electron chi connectivity index (χ3n) is 1.46. The standard InChI is InChI=1S/C9H18NOP/c1-5-7-9(3)11-8-10(6-2)12-4/h5,7,12H,3,6,8H2,1-2,4H3/b7-5-. The van der Waals surface area contributed by atoms with E-state index in [1.807, 2.05) is 19.1 Å². The van der Waals surface area contributed by atoms with E-state index < -0.39 is 0 Å². The second kappa shape index (κ2) is 7.33. The van der Waals surface area contributed by atoms with Gasteiger partial charge in [-0.25, -0.2) is 0 Å². The summed E-state index contributed by atoms with van der Waals surface area (Å²) in [6, 6.07) is 0. The number of hydrogen-bond donors (Lipinski definition) is 0. The molecule has 0 heterocycles. The second-order valence-electron chi connectivity index (χ2n) is 2.32. The summed E-state index contributed by atoms with van der Waals surface area (Å²) in [5.41, 5.74) is 0. The topological polar surface area (TPSA) is 12.5 Å². The van der Waals surface area contributed by atoms with Gasteiger partial charge in [0.2, 0.25) is 0 Å². The van der Waals surface area contributed by atoms with Gasteiger partial charge in [0, 0.05) is 6.54 Å². The van der Waals surface area contributed by atoms with Crippen molar-refractivity contribution >= 4 is 8.73 Å². The zero-order chi connectivity index (χ0) is 9.40. The monoisotopic (exact) mass is 187 g/mol. The highest BCUT2D eigenvalue weighted by Gasteiger charge is 1.97. The lowest BCUT2D eigenvalue weighted by Crippen LogP contribution is -2.16. The van der Waals surface area contributed by atoms with Gasteiger partial charge in [0.25, 0.3) is 0 Å². The molecule has 1 unspecified atom stereocenters. The van der Waals surface area contributed by atoms with Crippen molar-refractivity contribution in [1.29, 1.82) is 0 Å². The van der Waals surface area contributed by atoms with Crippen molar-refractivity contribution in [2.45, 2.75) is 13.8 Å². The molecule has 0 amide bonds. The normalized spacial score (nSPS) is 12.0. The average molecular weight is 187 g/mol. The highest BCUT2D eigenvalue weighted by Crippen LogP contribution is 2.12. The van der Waals surface area contributed by atoms with Crippen LogP contribution in [0.4, 0.5) is 0 Å². The molecule has 0 aliphatic carbocycles. The maximum atomic E-state index is 5.38. The molecule has 0 saturated heterocycles. The highest BCUT2D eigenvalue weighted by atomic mass is 31.1. The van der Waals surface area contributed by atoms with Crippen LogP contribution in [-0.2, 0) is 4.74 Å². The van der Waals surface area contributed by atoms with Crippen LogP contribution in [0.5, 0.6) is 0 Å². The Morgan fingerprint density at radius 1 is 1.67 bits per heavy atom. The zero-order valence-corrected chi connectivity index (χ0v) is 9.13. The van der Waals surface area contributed by atoms with Crippen LogP contribution in [0.3, 0.4) is 0 Å². The minimum atomic E-state index is 0.647. The maximum Gasteiger partial charge on any atom is 0.145 e. The Labute approximate surface area is 77.1 Å². The van der Waals surface area contributed by atoms with E-state index in [1.54, 1.807) is 0 Å². The summed E-state index contributed by atoms with van der Waals surface area (Å²) in [4.78, 5) is 0. The van der Waals surface area contributed by atoms with Gasteiger partial charge in [-0.05, 0) is 19.7 Å². The molecule has 0 rings (SSSR count). The number of ether oxygens (including phenoxy) is 1. The minimum Gasteiger partial charge on any atom is -0.479 e. The Kier molecular flexibility index (Phi) is 7.12. The molecule has 0 saturated carbocycles. The Balaban J connectivity index is 3.58. The van der Waals surface area contributed by atoms with Gasteiger partial charge >= 0.3 is 0 Å². The third kappa shape index (κ3) is 5.34. The van der Waals surface area contributed by atoms with Gasteiger partial charge in [0.05, 0.1) is 0 Å². The van der Waals surface area contributed by atoms with Crippen LogP contribution < -0.4 is 0 Å². The van der Waals surface area contributed by atoms with Gasteiger partial charge in [0.1, 0.15) is 12.5 Å². The van der Waals surface area contributed by atoms with E-state index >= 15 is 0 Å². The van der Waals surface area contributed by atoms with E-state index in [1.165, 1.54) is 0 Å². The van der Waals surface area contributed by atoms with Crippen LogP contribution in [0.15, 0.2) is 24.5 Å². The fraction of sp³-hybridized carbons (Fsp3) is 0.556. The Hall–Kier alpha value is -0.330. The smallest absolute Gasteiger partial charge is 0.145 e. The fourth-order valence-electron chi connectivity index (χ4n) is 0.709. The first-order valence-electron chi connectivity index (χ1n) is 4.11. The highest BCUT2D eigenvalue weighted by molar-refractivity contribution is 7.34. The van der Waals surface area contributed by atoms with Crippen LogP contribution >= 0.6 is 8.73 Å². The molecule has 3 heteroatoms. The van der Waals surface area contributed by atoms with E-state index in [9.17, 15) is 0 Å². The molecule has 0 N–H and O–H groups in total. The number of rotatable bonds is 6. The van der Waals surface area contributed by atoms with Gasteiger partial charge in [-0.15, -0.1) is 0 Å². The fourth-order valence-corrected chi connectivity index (χ4v) is 1.22. The van der Waals surface area contributed by atoms with Gasteiger partial charge in [-0.3, -0.25) is 4.67 Å². The average Bonchev–Trinajstić information content (AvgIpc) is 2.07. The number of allylic oxidation sites excluding steroid dienone is 2. The molecule has 0 radical (unpaired) electrons. The molecule has 12 heavy (non-hydrogen) atoms. The van der Waals surface area contributed by atoms with Crippen LogP contribution in [-0.4, -0.2) is 24.6 Å². The summed E-state index contributed by atoms with van der Waals surface area (Å²) in [5.74, 6) is 0.731. The zero-order valence-electron chi connectivity index (χ0n) is 8.13. The van der Waals surface area contributed by atoms with Gasteiger partial charge < -0.3 is 4.74 Å². The molecule has 0 spiro atoms. The molecule has 1 atom stereocenters. The lowest BCUT2D eigenvalue weighted by Gasteiger charge is -2.18. The Morgan fingerprint density at radius 2 is 2.33 bits per heavy atom. The first-order valence-corrected chi connectivity index (χ1v) is 5.56. The minimum absolute atomic E-state index is 0.647. The molecule has 0 fully saturated rings. The summed E-state index contributed by atoms with van der Waals surface area (Å²) >= 11 is 0. The van der Waals surface area contributed by atoms with Crippen LogP contribution in [0, 0.1) is 0 Å². The van der Waals surface area contributed by atoms with E-state index in [0.717, 1.165) is 21.0 Å². The summed E-state index contributed by atoms with van der Waals surface area (Å²) in [5, 5.41) is 0. The quantitative estimate of drug-likeness (QED) is 0.274. The van der Waals surface area contributed by atoms with Crippen LogP contribution in [0.25, 0.3) is 0 Å². The van der Waals surface area contributed by atoms with E-state index in [4.69, 9.17) is 4.74 Å². The molecule has 0 aliphatic rings. The third-order valence-corrected chi connectivity index (χ3v) is 2.53. The summed E-state index contributed by atoms with van der Waals surface area (Å²) in [6.45, 7) is 11.6. The molecular formula is C9H18NOP. The maximum absolute atomic E-state index is 5.38. The molecule has 0 bridgehead atoms. The summed E-state index contributed by atoms with van der Waals surface area (Å²) < 4.78 is 7.59. The summed E-state index contributed by atoms with van der Waals surface area (Å²) in [7, 11) is 0.794. The van der Waals surface area contributed by atoms with E-state index in [-0.39, 0.29) is 0 Å². The molecule has 70 valence electrons. The first-order chi connectivity index (χ1) is 5.74. The van der Waals surface area contributed by atoms with Gasteiger partial charge in [0.15, 0.2) is 0 Å². The molecule has 0 aromatic heterocycles. The molecule has 0 aromatic rings. The number of hydrogen-bond acceptors (Lipinski definition) is 2. The van der Waals surface area contributed by atoms with E-state index in [2.05, 4.69) is 24.8 Å². The number of nitrogens with zero attached hydrogens (tertiary/aromatic N) is 1. The van der Waals surface area contributed by atoms with Gasteiger partial charge in [-0.2, -0.15) is 0 Å². The van der Waals surface area contributed by atoms with Crippen molar-refractivity contribution in [3.8, 4) is 0 Å². The van der Waals surface area contributed by atoms with Crippen molar-refractivity contribution < 1.29 is 4.74 Å². The Morgan fingerprint density at radius 3 is 2.75 bits per heavy atom. The first kappa shape index (κ1) is 11.7. The predicted molar refractivity (Wildman–Crippen MR) is 56.5 cm³/mol. The lowest BCUT2D eigenvalue weighted by atomic mass is 10.5. The Bertz CT molecular complexity index is 153. The summed E-state index contributed by atoms with van der Waals surface area (Å²) in [6.07, 6.45) is 3.79. The van der Waals surface area contributed by atoms with Crippen LogP contribution in [0.1, 0.15) is 13.8 Å².